The monoisotopic (exact) mass is 487 g/mol. The molecule has 2 unspecified atom stereocenters. The predicted molar refractivity (Wildman–Crippen MR) is 114 cm³/mol. The van der Waals surface area contributed by atoms with E-state index in [-0.39, 0.29) is 30.3 Å². The molecule has 2 fully saturated rings. The molecule has 0 spiro atoms. The van der Waals surface area contributed by atoms with E-state index in [1.165, 1.54) is 0 Å². The highest BCUT2D eigenvalue weighted by Crippen LogP contribution is 2.44. The van der Waals surface area contributed by atoms with Gasteiger partial charge in [0.05, 0.1) is 37.6 Å². The van der Waals surface area contributed by atoms with Crippen molar-refractivity contribution in [1.29, 1.82) is 0 Å². The maximum Gasteiger partial charge on any atom is 0.416 e. The van der Waals surface area contributed by atoms with Crippen LogP contribution >= 0.6 is 0 Å². The van der Waals surface area contributed by atoms with Crippen LogP contribution in [0.15, 0.2) is 48.5 Å². The Morgan fingerprint density at radius 3 is 2.12 bits per heavy atom. The van der Waals surface area contributed by atoms with Crippen LogP contribution in [-0.4, -0.2) is 43.9 Å². The average Bonchev–Trinajstić information content (AvgIpc) is 3.25. The Hall–Kier alpha value is -2.10. The molecular weight excluding hydrogens is 460 g/mol. The first kappa shape index (κ1) is 25.0. The van der Waals surface area contributed by atoms with E-state index < -0.39 is 23.5 Å². The number of alkyl halides is 6. The summed E-state index contributed by atoms with van der Waals surface area (Å²) in [6.07, 6.45) is -7.17. The molecule has 0 amide bonds. The van der Waals surface area contributed by atoms with Gasteiger partial charge in [-0.2, -0.15) is 26.3 Å². The first-order valence-corrected chi connectivity index (χ1v) is 11.3. The molecule has 1 aliphatic heterocycles. The van der Waals surface area contributed by atoms with Crippen molar-refractivity contribution in [2.45, 2.75) is 49.7 Å². The molecule has 1 saturated carbocycles. The van der Waals surface area contributed by atoms with Gasteiger partial charge in [-0.3, -0.25) is 4.90 Å². The molecule has 2 aliphatic rings. The lowest BCUT2D eigenvalue weighted by atomic mass is 9.79. The Morgan fingerprint density at radius 1 is 0.912 bits per heavy atom. The molecule has 2 aromatic carbocycles. The lowest BCUT2D eigenvalue weighted by Crippen LogP contribution is -2.43. The number of nitrogens with zero attached hydrogens (tertiary/aromatic N) is 1. The largest absolute Gasteiger partial charge is 0.416 e. The smallest absolute Gasteiger partial charge is 0.379 e. The van der Waals surface area contributed by atoms with Gasteiger partial charge < -0.3 is 9.47 Å². The summed E-state index contributed by atoms with van der Waals surface area (Å²) in [5.74, 6) is 0. The minimum Gasteiger partial charge on any atom is -0.379 e. The number of rotatable bonds is 6. The van der Waals surface area contributed by atoms with Crippen LogP contribution in [0.5, 0.6) is 0 Å². The number of ether oxygens (including phenoxy) is 2. The number of morpholine rings is 1. The summed E-state index contributed by atoms with van der Waals surface area (Å²) in [5.41, 5.74) is -2.07. The Bertz CT molecular complexity index is 924. The van der Waals surface area contributed by atoms with Gasteiger partial charge >= 0.3 is 12.4 Å². The number of benzene rings is 2. The summed E-state index contributed by atoms with van der Waals surface area (Å²) in [4.78, 5) is 2.40. The molecule has 0 aromatic heterocycles. The van der Waals surface area contributed by atoms with E-state index in [4.69, 9.17) is 9.47 Å². The summed E-state index contributed by atoms with van der Waals surface area (Å²) in [7, 11) is 0. The third-order valence-electron chi connectivity index (χ3n) is 6.83. The Balaban J connectivity index is 1.52. The Morgan fingerprint density at radius 2 is 1.53 bits per heavy atom. The molecule has 186 valence electrons. The molecule has 4 rings (SSSR count). The third-order valence-corrected chi connectivity index (χ3v) is 6.83. The van der Waals surface area contributed by atoms with Crippen molar-refractivity contribution >= 4 is 0 Å². The van der Waals surface area contributed by atoms with Crippen molar-refractivity contribution in [3.8, 4) is 0 Å². The summed E-state index contributed by atoms with van der Waals surface area (Å²) >= 11 is 0. The van der Waals surface area contributed by atoms with Crippen molar-refractivity contribution in [1.82, 2.24) is 4.90 Å². The van der Waals surface area contributed by atoms with Gasteiger partial charge in [0.1, 0.15) is 0 Å². The van der Waals surface area contributed by atoms with Crippen molar-refractivity contribution in [2.75, 3.05) is 32.9 Å². The van der Waals surface area contributed by atoms with Crippen molar-refractivity contribution in [2.24, 2.45) is 0 Å². The molecule has 0 radical (unpaired) electrons. The first-order chi connectivity index (χ1) is 16.1. The fraction of sp³-hybridized carbons (Fsp3) is 0.520. The lowest BCUT2D eigenvalue weighted by Gasteiger charge is -2.35. The van der Waals surface area contributed by atoms with Crippen LogP contribution in [-0.2, 0) is 33.8 Å². The SMILES string of the molecule is FC(F)(F)c1cc(COCC2(c3ccccc3)CCC(N3CCOCC3)C2)cc(C(F)(F)F)c1. The van der Waals surface area contributed by atoms with Crippen molar-refractivity contribution in [3.05, 3.63) is 70.8 Å². The number of hydrogen-bond donors (Lipinski definition) is 0. The highest BCUT2D eigenvalue weighted by molar-refractivity contribution is 5.33. The number of halogens is 6. The summed E-state index contributed by atoms with van der Waals surface area (Å²) < 4.78 is 90.4. The van der Waals surface area contributed by atoms with Gasteiger partial charge in [-0.25, -0.2) is 0 Å². The van der Waals surface area contributed by atoms with Gasteiger partial charge in [0.2, 0.25) is 0 Å². The first-order valence-electron chi connectivity index (χ1n) is 11.3. The van der Waals surface area contributed by atoms with Crippen LogP contribution in [0.4, 0.5) is 26.3 Å². The fourth-order valence-electron chi connectivity index (χ4n) is 5.09. The molecule has 1 saturated heterocycles. The molecule has 3 nitrogen and oxygen atoms in total. The van der Waals surface area contributed by atoms with E-state index in [2.05, 4.69) is 4.90 Å². The maximum atomic E-state index is 13.2. The second-order valence-electron chi connectivity index (χ2n) is 9.10. The summed E-state index contributed by atoms with van der Waals surface area (Å²) in [5, 5.41) is 0. The van der Waals surface area contributed by atoms with Gasteiger partial charge in [-0.05, 0) is 48.6 Å². The molecule has 0 bridgehead atoms. The summed E-state index contributed by atoms with van der Waals surface area (Å²) in [6, 6.07) is 11.7. The zero-order chi connectivity index (χ0) is 24.4. The normalized spacial score (nSPS) is 24.5. The molecule has 9 heteroatoms. The van der Waals surface area contributed by atoms with Crippen LogP contribution in [0.25, 0.3) is 0 Å². The van der Waals surface area contributed by atoms with Crippen LogP contribution in [0, 0.1) is 0 Å². The minimum atomic E-state index is -4.88. The molecule has 2 atom stereocenters. The second kappa shape index (κ2) is 9.87. The Labute approximate surface area is 194 Å². The summed E-state index contributed by atoms with van der Waals surface area (Å²) in [6.45, 7) is 2.95. The highest BCUT2D eigenvalue weighted by Gasteiger charge is 2.43. The van der Waals surface area contributed by atoms with E-state index in [9.17, 15) is 26.3 Å². The van der Waals surface area contributed by atoms with Gasteiger partial charge in [0, 0.05) is 24.5 Å². The maximum absolute atomic E-state index is 13.2. The predicted octanol–water partition coefficient (Wildman–Crippen LogP) is 6.06. The zero-order valence-electron chi connectivity index (χ0n) is 18.6. The lowest BCUT2D eigenvalue weighted by molar-refractivity contribution is -0.143. The number of hydrogen-bond acceptors (Lipinski definition) is 3. The van der Waals surface area contributed by atoms with Gasteiger partial charge in [0.25, 0.3) is 0 Å². The van der Waals surface area contributed by atoms with Crippen molar-refractivity contribution < 1.29 is 35.8 Å². The third kappa shape index (κ3) is 5.75. The molecule has 2 aromatic rings. The van der Waals surface area contributed by atoms with E-state index >= 15 is 0 Å². The molecule has 1 aliphatic carbocycles. The van der Waals surface area contributed by atoms with E-state index in [1.54, 1.807) is 0 Å². The molecule has 0 N–H and O–H groups in total. The quantitative estimate of drug-likeness (QED) is 0.462. The van der Waals surface area contributed by atoms with Gasteiger partial charge in [-0.15, -0.1) is 0 Å². The van der Waals surface area contributed by atoms with Crippen LogP contribution < -0.4 is 0 Å². The van der Waals surface area contributed by atoms with E-state index in [1.807, 2.05) is 30.3 Å². The van der Waals surface area contributed by atoms with Crippen LogP contribution in [0.3, 0.4) is 0 Å². The van der Waals surface area contributed by atoms with E-state index in [0.29, 0.717) is 19.3 Å². The second-order valence-corrected chi connectivity index (χ2v) is 9.10. The molecule has 34 heavy (non-hydrogen) atoms. The zero-order valence-corrected chi connectivity index (χ0v) is 18.6. The van der Waals surface area contributed by atoms with E-state index in [0.717, 1.165) is 50.0 Å². The molecular formula is C25H27F6NO2. The van der Waals surface area contributed by atoms with Gasteiger partial charge in [-0.1, -0.05) is 30.3 Å². The van der Waals surface area contributed by atoms with Crippen molar-refractivity contribution in [3.63, 3.8) is 0 Å². The Kier molecular flexibility index (Phi) is 7.26. The van der Waals surface area contributed by atoms with Crippen LogP contribution in [0.2, 0.25) is 0 Å². The minimum absolute atomic E-state index is 0.138. The topological polar surface area (TPSA) is 21.7 Å². The van der Waals surface area contributed by atoms with Gasteiger partial charge in [0.15, 0.2) is 0 Å². The highest BCUT2D eigenvalue weighted by atomic mass is 19.4. The standard InChI is InChI=1S/C25H27F6NO2/c26-24(27,28)20-12-18(13-21(14-20)25(29,30)31)16-34-17-23(19-4-2-1-3-5-19)7-6-22(15-23)32-8-10-33-11-9-32/h1-5,12-14,22H,6-11,15-17H2. The molecule has 1 heterocycles. The average molecular weight is 487 g/mol. The van der Waals surface area contributed by atoms with Crippen LogP contribution in [0.1, 0.15) is 41.5 Å². The fourth-order valence-corrected chi connectivity index (χ4v) is 5.09.